The second kappa shape index (κ2) is 6.23. The predicted octanol–water partition coefficient (Wildman–Crippen LogP) is -1.89. The van der Waals surface area contributed by atoms with Gasteiger partial charge in [-0.05, 0) is 0 Å². The molecular formula is C11H16N5O8P. The highest BCUT2D eigenvalue weighted by Crippen LogP contribution is 2.43. The van der Waals surface area contributed by atoms with Gasteiger partial charge in [-0.25, -0.2) is 19.5 Å². The van der Waals surface area contributed by atoms with Crippen molar-refractivity contribution in [2.45, 2.75) is 24.2 Å². The number of nitrogens with zero attached hydrogens (tertiary/aromatic N) is 4. The Balaban J connectivity index is 1.96. The number of imidazole rings is 1. The van der Waals surface area contributed by atoms with Crippen molar-refractivity contribution in [1.29, 1.82) is 0 Å². The number of nitrogen functional groups attached to an aromatic ring is 1. The number of hydrogen-bond donors (Lipinski definition) is 5. The molecule has 1 aliphatic heterocycles. The topological polar surface area (TPSA) is 195 Å². The molecule has 6 N–H and O–H groups in total. The van der Waals surface area contributed by atoms with Crippen LogP contribution >= 0.6 is 7.82 Å². The largest absolute Gasteiger partial charge is 0.469 e. The smallest absolute Gasteiger partial charge is 0.384 e. The number of nitrogens with two attached hydrogens (primary N) is 1. The number of phosphoric acid groups is 1. The van der Waals surface area contributed by atoms with E-state index in [0.717, 1.165) is 7.11 Å². The number of methoxy groups -OCH3 is 1. The zero-order chi connectivity index (χ0) is 18.4. The monoisotopic (exact) mass is 377 g/mol. The van der Waals surface area contributed by atoms with Crippen molar-refractivity contribution >= 4 is 24.8 Å². The number of aromatic nitrogens is 4. The number of rotatable bonds is 5. The summed E-state index contributed by atoms with van der Waals surface area (Å²) in [5, 5.41) is 20.9. The molecule has 4 atom stereocenters. The van der Waals surface area contributed by atoms with Gasteiger partial charge in [-0.2, -0.15) is 0 Å². The van der Waals surface area contributed by atoms with Crippen molar-refractivity contribution in [3.05, 3.63) is 12.7 Å². The van der Waals surface area contributed by atoms with Crippen molar-refractivity contribution < 1.29 is 38.6 Å². The fraction of sp³-hybridized carbons (Fsp3) is 0.545. The van der Waals surface area contributed by atoms with Crippen molar-refractivity contribution in [2.75, 3.05) is 19.5 Å². The van der Waals surface area contributed by atoms with E-state index in [1.165, 1.54) is 17.2 Å². The summed E-state index contributed by atoms with van der Waals surface area (Å²) in [6.07, 6.45) is -1.87. The lowest BCUT2D eigenvalue weighted by Crippen LogP contribution is -2.48. The van der Waals surface area contributed by atoms with Crippen molar-refractivity contribution in [2.24, 2.45) is 0 Å². The van der Waals surface area contributed by atoms with Crippen molar-refractivity contribution in [1.82, 2.24) is 19.5 Å². The van der Waals surface area contributed by atoms with Gasteiger partial charge in [0.25, 0.3) is 0 Å². The van der Waals surface area contributed by atoms with Crippen LogP contribution in [-0.2, 0) is 18.6 Å². The van der Waals surface area contributed by atoms with E-state index in [1.807, 2.05) is 0 Å². The third-order valence-electron chi connectivity index (χ3n) is 3.81. The minimum atomic E-state index is -4.79. The summed E-state index contributed by atoms with van der Waals surface area (Å²) in [4.78, 5) is 29.4. The zero-order valence-corrected chi connectivity index (χ0v) is 13.7. The standard InChI is InChI=1S/C11H16N5O8P/c1-22-11(18)7(17)5(2-23-25(19,20)21)24-10(11)16-4-15-6-8(12)13-3-14-9(6)16/h3-5,7,10,17-18H,2H2,1H3,(H2,12,13,14)(H2,19,20,21)/t5-,7-,10-,11+/m1/s1. The molecule has 25 heavy (non-hydrogen) atoms. The van der Waals surface area contributed by atoms with Crippen LogP contribution in [0.2, 0.25) is 0 Å². The van der Waals surface area contributed by atoms with Crippen molar-refractivity contribution in [3.8, 4) is 0 Å². The van der Waals surface area contributed by atoms with Crippen LogP contribution in [0.25, 0.3) is 11.2 Å². The molecule has 0 unspecified atom stereocenters. The summed E-state index contributed by atoms with van der Waals surface area (Å²) in [6.45, 7) is -0.683. The summed E-state index contributed by atoms with van der Waals surface area (Å²) >= 11 is 0. The molecule has 2 aromatic heterocycles. The molecule has 1 aliphatic rings. The van der Waals surface area contributed by atoms with Crippen LogP contribution in [0.5, 0.6) is 0 Å². The van der Waals surface area contributed by atoms with Gasteiger partial charge in [0.1, 0.15) is 24.1 Å². The number of anilines is 1. The fourth-order valence-electron chi connectivity index (χ4n) is 2.58. The summed E-state index contributed by atoms with van der Waals surface area (Å²) in [7, 11) is -3.66. The molecule has 0 saturated carbocycles. The Morgan fingerprint density at radius 2 is 2.16 bits per heavy atom. The van der Waals surface area contributed by atoms with E-state index in [2.05, 4.69) is 19.5 Å². The first-order valence-corrected chi connectivity index (χ1v) is 8.44. The van der Waals surface area contributed by atoms with Gasteiger partial charge in [0.2, 0.25) is 5.79 Å². The molecule has 0 spiro atoms. The van der Waals surface area contributed by atoms with Crippen LogP contribution in [0.15, 0.2) is 12.7 Å². The number of ether oxygens (including phenoxy) is 2. The number of aliphatic hydroxyl groups is 2. The average molecular weight is 377 g/mol. The van der Waals surface area contributed by atoms with E-state index in [9.17, 15) is 14.8 Å². The van der Waals surface area contributed by atoms with Gasteiger partial charge in [0.05, 0.1) is 12.9 Å². The van der Waals surface area contributed by atoms with Gasteiger partial charge < -0.3 is 35.2 Å². The average Bonchev–Trinajstić information content (AvgIpc) is 3.07. The number of phosphoric ester groups is 1. The molecule has 2 aromatic rings. The quantitative estimate of drug-likeness (QED) is 0.287. The lowest BCUT2D eigenvalue weighted by molar-refractivity contribution is -0.264. The van der Waals surface area contributed by atoms with E-state index >= 15 is 0 Å². The van der Waals surface area contributed by atoms with Gasteiger partial charge in [-0.1, -0.05) is 0 Å². The Morgan fingerprint density at radius 1 is 1.44 bits per heavy atom. The molecule has 138 valence electrons. The number of hydrogen-bond acceptors (Lipinski definition) is 10. The molecule has 13 nitrogen and oxygen atoms in total. The molecule has 3 heterocycles. The Labute approximate surface area is 140 Å². The minimum absolute atomic E-state index is 0.102. The summed E-state index contributed by atoms with van der Waals surface area (Å²) in [5.41, 5.74) is 6.15. The molecular weight excluding hydrogens is 361 g/mol. The van der Waals surface area contributed by atoms with Gasteiger partial charge in [0, 0.05) is 7.11 Å². The van der Waals surface area contributed by atoms with Crippen LogP contribution in [0.4, 0.5) is 5.82 Å². The first-order valence-electron chi connectivity index (χ1n) is 6.91. The molecule has 1 fully saturated rings. The van der Waals surface area contributed by atoms with Gasteiger partial charge in [0.15, 0.2) is 17.7 Å². The second-order valence-electron chi connectivity index (χ2n) is 5.30. The maximum Gasteiger partial charge on any atom is 0.469 e. The minimum Gasteiger partial charge on any atom is -0.384 e. The lowest BCUT2D eigenvalue weighted by Gasteiger charge is -2.29. The Hall–Kier alpha value is -1.70. The van der Waals surface area contributed by atoms with E-state index in [0.29, 0.717) is 0 Å². The first-order chi connectivity index (χ1) is 11.7. The maximum atomic E-state index is 10.8. The first kappa shape index (κ1) is 18.1. The third kappa shape index (κ3) is 3.12. The molecule has 0 aromatic carbocycles. The summed E-state index contributed by atoms with van der Waals surface area (Å²) < 4.78 is 26.9. The highest BCUT2D eigenvalue weighted by molar-refractivity contribution is 7.46. The van der Waals surface area contributed by atoms with E-state index < -0.39 is 38.7 Å². The van der Waals surface area contributed by atoms with Gasteiger partial charge in [-0.15, -0.1) is 0 Å². The molecule has 14 heteroatoms. The maximum absolute atomic E-state index is 10.8. The highest BCUT2D eigenvalue weighted by atomic mass is 31.2. The van der Waals surface area contributed by atoms with Crippen LogP contribution in [0, 0.1) is 0 Å². The van der Waals surface area contributed by atoms with Crippen LogP contribution < -0.4 is 5.73 Å². The van der Waals surface area contributed by atoms with E-state index in [1.54, 1.807) is 0 Å². The number of aliphatic hydroxyl groups excluding tert-OH is 1. The normalized spacial score (nSPS) is 30.2. The lowest BCUT2D eigenvalue weighted by atomic mass is 10.1. The Bertz CT molecular complexity index is 826. The van der Waals surface area contributed by atoms with Crippen LogP contribution in [-0.4, -0.2) is 71.2 Å². The third-order valence-corrected chi connectivity index (χ3v) is 4.29. The molecule has 0 aliphatic carbocycles. The molecule has 3 rings (SSSR count). The van der Waals surface area contributed by atoms with Crippen LogP contribution in [0.1, 0.15) is 6.23 Å². The Morgan fingerprint density at radius 3 is 2.80 bits per heavy atom. The SMILES string of the molecule is CO[C@@]1(O)[C@H](O)[C@@H](COP(=O)(O)O)O[C@H]1n1cnc2c(N)ncnc21. The molecule has 1 saturated heterocycles. The molecule has 0 radical (unpaired) electrons. The van der Waals surface area contributed by atoms with E-state index in [4.69, 9.17) is 25.0 Å². The van der Waals surface area contributed by atoms with Crippen LogP contribution in [0.3, 0.4) is 0 Å². The Kier molecular flexibility index (Phi) is 4.51. The van der Waals surface area contributed by atoms with Gasteiger partial charge >= 0.3 is 7.82 Å². The fourth-order valence-corrected chi connectivity index (χ4v) is 2.92. The molecule has 0 amide bonds. The second-order valence-corrected chi connectivity index (χ2v) is 6.54. The van der Waals surface area contributed by atoms with E-state index in [-0.39, 0.29) is 17.0 Å². The zero-order valence-electron chi connectivity index (χ0n) is 12.8. The predicted molar refractivity (Wildman–Crippen MR) is 79.6 cm³/mol. The summed E-state index contributed by atoms with van der Waals surface area (Å²) in [5.74, 6) is -2.15. The number of fused-ring (bicyclic) bond motifs is 1. The summed E-state index contributed by atoms with van der Waals surface area (Å²) in [6, 6.07) is 0. The molecule has 0 bridgehead atoms. The van der Waals surface area contributed by atoms with Crippen molar-refractivity contribution in [3.63, 3.8) is 0 Å². The van der Waals surface area contributed by atoms with Gasteiger partial charge in [-0.3, -0.25) is 9.09 Å². The highest BCUT2D eigenvalue weighted by Gasteiger charge is 2.58.